The average Bonchev–Trinajstić information content (AvgIpc) is 2.42. The highest BCUT2D eigenvalue weighted by Gasteiger charge is 2.54. The highest BCUT2D eigenvalue weighted by Crippen LogP contribution is 2.39. The maximum absolute atomic E-state index is 12.4. The lowest BCUT2D eigenvalue weighted by molar-refractivity contribution is -0.155. The van der Waals surface area contributed by atoms with Gasteiger partial charge in [0, 0.05) is 7.05 Å². The third-order valence-electron chi connectivity index (χ3n) is 3.84. The molecule has 2 fully saturated rings. The number of amides is 5. The molecule has 1 saturated carbocycles. The minimum atomic E-state index is -1.15. The van der Waals surface area contributed by atoms with Gasteiger partial charge in [-0.05, 0) is 12.8 Å². The lowest BCUT2D eigenvalue weighted by Crippen LogP contribution is -2.65. The van der Waals surface area contributed by atoms with Crippen molar-refractivity contribution < 1.29 is 19.2 Å². The SMILES string of the molecule is CNC(=O)CN1C(=O)NC(=O)C2(CCCCC2)C1=O. The van der Waals surface area contributed by atoms with Gasteiger partial charge in [-0.25, -0.2) is 4.79 Å². The Morgan fingerprint density at radius 2 is 1.89 bits per heavy atom. The maximum Gasteiger partial charge on any atom is 0.331 e. The molecule has 5 amide bonds. The van der Waals surface area contributed by atoms with Crippen LogP contribution >= 0.6 is 0 Å². The Balaban J connectivity index is 2.25. The predicted molar refractivity (Wildman–Crippen MR) is 64.8 cm³/mol. The number of carbonyl (C=O) groups is 4. The van der Waals surface area contributed by atoms with Crippen LogP contribution < -0.4 is 10.6 Å². The van der Waals surface area contributed by atoms with Gasteiger partial charge in [-0.3, -0.25) is 24.6 Å². The fraction of sp³-hybridized carbons (Fsp3) is 0.667. The third-order valence-corrected chi connectivity index (χ3v) is 3.84. The number of nitrogens with one attached hydrogen (secondary N) is 2. The van der Waals surface area contributed by atoms with Gasteiger partial charge < -0.3 is 5.32 Å². The van der Waals surface area contributed by atoms with Crippen molar-refractivity contribution in [2.45, 2.75) is 32.1 Å². The second-order valence-corrected chi connectivity index (χ2v) is 4.97. The molecule has 1 heterocycles. The summed E-state index contributed by atoms with van der Waals surface area (Å²) in [6.07, 6.45) is 3.42. The number of likely N-dealkylation sites (N-methyl/N-ethyl adjacent to an activating group) is 1. The molecule has 104 valence electrons. The minimum Gasteiger partial charge on any atom is -0.358 e. The van der Waals surface area contributed by atoms with Crippen LogP contribution in [0.5, 0.6) is 0 Å². The topological polar surface area (TPSA) is 95.6 Å². The molecule has 0 radical (unpaired) electrons. The van der Waals surface area contributed by atoms with Crippen molar-refractivity contribution in [2.75, 3.05) is 13.6 Å². The highest BCUT2D eigenvalue weighted by molar-refractivity contribution is 6.20. The van der Waals surface area contributed by atoms with Crippen LogP contribution in [-0.4, -0.2) is 42.2 Å². The van der Waals surface area contributed by atoms with E-state index in [0.717, 1.165) is 24.2 Å². The zero-order chi connectivity index (χ0) is 14.0. The summed E-state index contributed by atoms with van der Waals surface area (Å²) in [5.74, 6) is -1.50. The molecule has 7 heteroatoms. The largest absolute Gasteiger partial charge is 0.358 e. The van der Waals surface area contributed by atoms with Crippen molar-refractivity contribution in [1.82, 2.24) is 15.5 Å². The Morgan fingerprint density at radius 3 is 2.47 bits per heavy atom. The molecule has 7 nitrogen and oxygen atoms in total. The van der Waals surface area contributed by atoms with E-state index in [0.29, 0.717) is 12.8 Å². The highest BCUT2D eigenvalue weighted by atomic mass is 16.2. The Labute approximate surface area is 110 Å². The fourth-order valence-electron chi connectivity index (χ4n) is 2.69. The van der Waals surface area contributed by atoms with E-state index in [2.05, 4.69) is 10.6 Å². The molecule has 1 aliphatic heterocycles. The van der Waals surface area contributed by atoms with Crippen molar-refractivity contribution in [3.8, 4) is 0 Å². The van der Waals surface area contributed by atoms with E-state index in [1.807, 2.05) is 0 Å². The summed E-state index contributed by atoms with van der Waals surface area (Å²) in [6, 6.07) is -0.810. The zero-order valence-corrected chi connectivity index (χ0v) is 10.8. The predicted octanol–water partition coefficient (Wildman–Crippen LogP) is -0.239. The number of carbonyl (C=O) groups excluding carboxylic acids is 4. The van der Waals surface area contributed by atoms with Gasteiger partial charge in [0.2, 0.25) is 17.7 Å². The van der Waals surface area contributed by atoms with Gasteiger partial charge in [0.05, 0.1) is 0 Å². The standard InChI is InChI=1S/C12H17N3O4/c1-13-8(16)7-15-10(18)12(5-3-2-4-6-12)9(17)14-11(15)19/h2-7H2,1H3,(H,13,16)(H,14,17,19). The molecule has 0 aromatic heterocycles. The summed E-state index contributed by atoms with van der Waals surface area (Å²) in [7, 11) is 1.43. The van der Waals surface area contributed by atoms with E-state index in [4.69, 9.17) is 0 Å². The van der Waals surface area contributed by atoms with Crippen LogP contribution in [0, 0.1) is 5.41 Å². The van der Waals surface area contributed by atoms with Gasteiger partial charge in [-0.15, -0.1) is 0 Å². The molecular weight excluding hydrogens is 250 g/mol. The number of urea groups is 1. The van der Waals surface area contributed by atoms with Crippen molar-refractivity contribution in [3.63, 3.8) is 0 Å². The summed E-state index contributed by atoms with van der Waals surface area (Å²) < 4.78 is 0. The van der Waals surface area contributed by atoms with Crippen LogP contribution in [0.4, 0.5) is 4.79 Å². The first-order chi connectivity index (χ1) is 9.01. The smallest absolute Gasteiger partial charge is 0.331 e. The van der Waals surface area contributed by atoms with Crippen molar-refractivity contribution in [2.24, 2.45) is 5.41 Å². The van der Waals surface area contributed by atoms with E-state index in [-0.39, 0.29) is 6.54 Å². The summed E-state index contributed by atoms with van der Waals surface area (Å²) >= 11 is 0. The Bertz CT molecular complexity index is 440. The first-order valence-electron chi connectivity index (χ1n) is 6.39. The molecule has 1 aliphatic carbocycles. The molecule has 2 aliphatic rings. The molecule has 2 N–H and O–H groups in total. The molecule has 0 aromatic carbocycles. The summed E-state index contributed by atoms with van der Waals surface area (Å²) in [5.41, 5.74) is -1.15. The van der Waals surface area contributed by atoms with E-state index in [1.54, 1.807) is 0 Å². The van der Waals surface area contributed by atoms with Gasteiger partial charge >= 0.3 is 6.03 Å². The Hall–Kier alpha value is -1.92. The monoisotopic (exact) mass is 267 g/mol. The zero-order valence-electron chi connectivity index (χ0n) is 10.8. The molecule has 19 heavy (non-hydrogen) atoms. The van der Waals surface area contributed by atoms with Gasteiger partial charge in [0.15, 0.2) is 0 Å². The van der Waals surface area contributed by atoms with E-state index in [1.165, 1.54) is 7.05 Å². The van der Waals surface area contributed by atoms with Crippen molar-refractivity contribution in [1.29, 1.82) is 0 Å². The summed E-state index contributed by atoms with van der Waals surface area (Å²) in [5, 5.41) is 4.56. The third kappa shape index (κ3) is 2.20. The molecule has 0 aromatic rings. The van der Waals surface area contributed by atoms with Crippen LogP contribution in [0.3, 0.4) is 0 Å². The maximum atomic E-state index is 12.4. The quantitative estimate of drug-likeness (QED) is 0.675. The van der Waals surface area contributed by atoms with Gasteiger partial charge in [0.1, 0.15) is 12.0 Å². The Morgan fingerprint density at radius 1 is 1.26 bits per heavy atom. The number of nitrogens with zero attached hydrogens (tertiary/aromatic N) is 1. The van der Waals surface area contributed by atoms with Crippen LogP contribution in [0.25, 0.3) is 0 Å². The minimum absolute atomic E-state index is 0.351. The number of barbiturate groups is 1. The molecule has 0 bridgehead atoms. The number of imide groups is 2. The fourth-order valence-corrected chi connectivity index (χ4v) is 2.69. The van der Waals surface area contributed by atoms with E-state index >= 15 is 0 Å². The van der Waals surface area contributed by atoms with Crippen molar-refractivity contribution in [3.05, 3.63) is 0 Å². The normalized spacial score (nSPS) is 22.4. The molecule has 2 rings (SSSR count). The van der Waals surface area contributed by atoms with Gasteiger partial charge in [-0.1, -0.05) is 19.3 Å². The molecule has 0 atom stereocenters. The second-order valence-electron chi connectivity index (χ2n) is 4.97. The average molecular weight is 267 g/mol. The van der Waals surface area contributed by atoms with Crippen LogP contribution in [0.15, 0.2) is 0 Å². The number of hydrogen-bond donors (Lipinski definition) is 2. The second kappa shape index (κ2) is 4.99. The first-order valence-corrected chi connectivity index (χ1v) is 6.39. The first kappa shape index (κ1) is 13.5. The Kier molecular flexibility index (Phi) is 3.55. The van der Waals surface area contributed by atoms with E-state index in [9.17, 15) is 19.2 Å². The summed E-state index contributed by atoms with van der Waals surface area (Å²) in [4.78, 5) is 48.3. The number of hydrogen-bond acceptors (Lipinski definition) is 4. The van der Waals surface area contributed by atoms with Crippen molar-refractivity contribution >= 4 is 23.8 Å². The molecular formula is C12H17N3O4. The summed E-state index contributed by atoms with van der Waals surface area (Å²) in [6.45, 7) is -0.351. The molecule has 0 unspecified atom stereocenters. The number of rotatable bonds is 2. The lowest BCUT2D eigenvalue weighted by Gasteiger charge is -2.41. The lowest BCUT2D eigenvalue weighted by atomic mass is 9.71. The van der Waals surface area contributed by atoms with Crippen LogP contribution in [-0.2, 0) is 14.4 Å². The van der Waals surface area contributed by atoms with Crippen LogP contribution in [0.2, 0.25) is 0 Å². The molecule has 1 spiro atoms. The van der Waals surface area contributed by atoms with E-state index < -0.39 is 29.2 Å². The van der Waals surface area contributed by atoms with Gasteiger partial charge in [0.25, 0.3) is 0 Å². The molecule has 1 saturated heterocycles. The van der Waals surface area contributed by atoms with Crippen LogP contribution in [0.1, 0.15) is 32.1 Å². The van der Waals surface area contributed by atoms with Gasteiger partial charge in [-0.2, -0.15) is 0 Å².